The van der Waals surface area contributed by atoms with Crippen LogP contribution in [0.1, 0.15) is 31.1 Å². The number of ether oxygens (including phenoxy) is 3. The largest absolute Gasteiger partial charge is 0.374 e. The maximum Gasteiger partial charge on any atom is 0.163 e. The molecule has 0 bridgehead atoms. The number of halogens is 1. The molecule has 1 saturated heterocycles. The van der Waals surface area contributed by atoms with Gasteiger partial charge in [0.2, 0.25) is 0 Å². The molecule has 3 aromatic carbocycles. The zero-order valence-electron chi connectivity index (χ0n) is 16.9. The predicted octanol–water partition coefficient (Wildman–Crippen LogP) is 6.11. The van der Waals surface area contributed by atoms with Crippen LogP contribution >= 0.6 is 11.8 Å². The molecule has 0 spiro atoms. The van der Waals surface area contributed by atoms with Gasteiger partial charge in [-0.2, -0.15) is 0 Å². The van der Waals surface area contributed by atoms with Gasteiger partial charge in [-0.05, 0) is 53.9 Å². The molecule has 0 radical (unpaired) electrons. The van der Waals surface area contributed by atoms with E-state index >= 15 is 0 Å². The number of rotatable bonds is 6. The number of benzene rings is 3. The third-order valence-corrected chi connectivity index (χ3v) is 6.11. The molecule has 152 valence electrons. The van der Waals surface area contributed by atoms with Gasteiger partial charge in [-0.1, -0.05) is 42.5 Å². The molecule has 5 heteroatoms. The maximum atomic E-state index is 14.4. The van der Waals surface area contributed by atoms with Gasteiger partial charge in [0, 0.05) is 17.8 Å². The van der Waals surface area contributed by atoms with E-state index < -0.39 is 5.79 Å². The van der Waals surface area contributed by atoms with Gasteiger partial charge in [0.05, 0.1) is 6.61 Å². The lowest BCUT2D eigenvalue weighted by Gasteiger charge is -2.24. The number of hydrogen-bond acceptors (Lipinski definition) is 4. The van der Waals surface area contributed by atoms with E-state index in [9.17, 15) is 4.39 Å². The van der Waals surface area contributed by atoms with Crippen LogP contribution in [0.15, 0.2) is 65.6 Å². The van der Waals surface area contributed by atoms with Gasteiger partial charge in [0.1, 0.15) is 18.0 Å². The predicted molar refractivity (Wildman–Crippen MR) is 115 cm³/mol. The minimum Gasteiger partial charge on any atom is -0.374 e. The summed E-state index contributed by atoms with van der Waals surface area (Å²) < 4.78 is 31.6. The Labute approximate surface area is 175 Å². The van der Waals surface area contributed by atoms with Crippen molar-refractivity contribution < 1.29 is 18.6 Å². The smallest absolute Gasteiger partial charge is 0.163 e. The molecule has 0 amide bonds. The topological polar surface area (TPSA) is 27.7 Å². The Morgan fingerprint density at radius 2 is 1.90 bits per heavy atom. The van der Waals surface area contributed by atoms with Crippen LogP contribution < -0.4 is 0 Å². The van der Waals surface area contributed by atoms with Crippen molar-refractivity contribution in [2.75, 3.05) is 13.7 Å². The number of thioether (sulfide) groups is 1. The molecule has 1 aliphatic rings. The standard InChI is InChI=1S/C24H25FO3S/c1-24(2)27-14-22(28-24)23(26-3)19-11-20(25)13-21(12-19)29-15-16-8-9-17-6-4-5-7-18(17)10-16/h4-13,22-23H,14-15H2,1-3H3/t22-,23-/m1/s1. The van der Waals surface area contributed by atoms with Crippen molar-refractivity contribution in [3.63, 3.8) is 0 Å². The Hall–Kier alpha value is -1.92. The van der Waals surface area contributed by atoms with Gasteiger partial charge >= 0.3 is 0 Å². The molecule has 4 rings (SSSR count). The monoisotopic (exact) mass is 412 g/mol. The lowest BCUT2D eigenvalue weighted by molar-refractivity contribution is -0.154. The van der Waals surface area contributed by atoms with Gasteiger partial charge in [-0.25, -0.2) is 4.39 Å². The first-order valence-corrected chi connectivity index (χ1v) is 10.7. The molecule has 2 atom stereocenters. The van der Waals surface area contributed by atoms with Gasteiger partial charge in [-0.15, -0.1) is 11.8 Å². The Morgan fingerprint density at radius 1 is 1.10 bits per heavy atom. The van der Waals surface area contributed by atoms with Crippen LogP contribution in [0.3, 0.4) is 0 Å². The van der Waals surface area contributed by atoms with E-state index in [0.717, 1.165) is 16.2 Å². The Kier molecular flexibility index (Phi) is 5.93. The van der Waals surface area contributed by atoms with E-state index in [1.807, 2.05) is 32.0 Å². The molecule has 0 saturated carbocycles. The molecule has 3 nitrogen and oxygen atoms in total. The van der Waals surface area contributed by atoms with Gasteiger partial charge < -0.3 is 14.2 Å². The number of hydrogen-bond donors (Lipinski definition) is 0. The van der Waals surface area contributed by atoms with Crippen molar-refractivity contribution in [1.29, 1.82) is 0 Å². The SMILES string of the molecule is CO[C@H](c1cc(F)cc(SCc2ccc3ccccc3c2)c1)[C@H]1COC(C)(C)O1. The summed E-state index contributed by atoms with van der Waals surface area (Å²) in [5, 5.41) is 2.44. The summed E-state index contributed by atoms with van der Waals surface area (Å²) in [4.78, 5) is 0.869. The van der Waals surface area contributed by atoms with Gasteiger partial charge in [0.25, 0.3) is 0 Å². The molecule has 1 fully saturated rings. The average molecular weight is 413 g/mol. The molecule has 1 heterocycles. The van der Waals surface area contributed by atoms with Crippen molar-refractivity contribution in [3.8, 4) is 0 Å². The second-order valence-corrected chi connectivity index (χ2v) is 8.76. The van der Waals surface area contributed by atoms with E-state index in [1.54, 1.807) is 24.9 Å². The summed E-state index contributed by atoms with van der Waals surface area (Å²) >= 11 is 1.61. The zero-order chi connectivity index (χ0) is 20.4. The summed E-state index contributed by atoms with van der Waals surface area (Å²) in [6.45, 7) is 4.16. The minimum absolute atomic E-state index is 0.268. The second-order valence-electron chi connectivity index (χ2n) is 7.71. The summed E-state index contributed by atoms with van der Waals surface area (Å²) in [7, 11) is 1.62. The molecule has 29 heavy (non-hydrogen) atoms. The zero-order valence-corrected chi connectivity index (χ0v) is 17.7. The number of methoxy groups -OCH3 is 1. The number of fused-ring (bicyclic) bond motifs is 1. The van der Waals surface area contributed by atoms with Crippen LogP contribution in [0, 0.1) is 5.82 Å². The van der Waals surface area contributed by atoms with Crippen molar-refractivity contribution >= 4 is 22.5 Å². The molecular weight excluding hydrogens is 387 g/mol. The summed E-state index contributed by atoms with van der Waals surface area (Å²) in [5.41, 5.74) is 1.97. The molecule has 0 aliphatic carbocycles. The third kappa shape index (κ3) is 4.81. The first-order valence-electron chi connectivity index (χ1n) is 9.69. The Morgan fingerprint density at radius 3 is 2.62 bits per heavy atom. The highest BCUT2D eigenvalue weighted by Crippen LogP contribution is 2.35. The van der Waals surface area contributed by atoms with E-state index in [0.29, 0.717) is 6.61 Å². The van der Waals surface area contributed by atoms with Crippen LogP contribution in [0.5, 0.6) is 0 Å². The fourth-order valence-corrected chi connectivity index (χ4v) is 4.62. The lowest BCUT2D eigenvalue weighted by Crippen LogP contribution is -2.26. The Bertz CT molecular complexity index is 1000. The average Bonchev–Trinajstić information content (AvgIpc) is 3.06. The fourth-order valence-electron chi connectivity index (χ4n) is 3.69. The highest BCUT2D eigenvalue weighted by Gasteiger charge is 2.38. The van der Waals surface area contributed by atoms with Crippen molar-refractivity contribution in [3.05, 3.63) is 77.6 Å². The minimum atomic E-state index is -0.650. The van der Waals surface area contributed by atoms with Crippen molar-refractivity contribution in [2.45, 2.75) is 42.5 Å². The molecule has 0 unspecified atom stereocenters. The first kappa shape index (κ1) is 20.4. The van der Waals surface area contributed by atoms with Crippen LogP contribution in [0.25, 0.3) is 10.8 Å². The van der Waals surface area contributed by atoms with E-state index in [1.165, 1.54) is 22.4 Å². The van der Waals surface area contributed by atoms with Crippen LogP contribution in [-0.2, 0) is 20.0 Å². The van der Waals surface area contributed by atoms with Crippen molar-refractivity contribution in [2.24, 2.45) is 0 Å². The quantitative estimate of drug-likeness (QED) is 0.457. The summed E-state index contributed by atoms with van der Waals surface area (Å²) in [5.74, 6) is -0.159. The van der Waals surface area contributed by atoms with Crippen LogP contribution in [0.2, 0.25) is 0 Å². The van der Waals surface area contributed by atoms with Gasteiger partial charge in [0.15, 0.2) is 5.79 Å². The highest BCUT2D eigenvalue weighted by molar-refractivity contribution is 7.98. The second kappa shape index (κ2) is 8.44. The third-order valence-electron chi connectivity index (χ3n) is 5.06. The van der Waals surface area contributed by atoms with Gasteiger partial charge in [-0.3, -0.25) is 0 Å². The molecule has 0 aromatic heterocycles. The summed E-state index contributed by atoms with van der Waals surface area (Å²) in [6, 6.07) is 19.8. The molecule has 0 N–H and O–H groups in total. The molecule has 1 aliphatic heterocycles. The first-order chi connectivity index (χ1) is 13.9. The maximum absolute atomic E-state index is 14.4. The normalized spacial score (nSPS) is 19.5. The highest BCUT2D eigenvalue weighted by atomic mass is 32.2. The fraction of sp³-hybridized carbons (Fsp3) is 0.333. The summed E-state index contributed by atoms with van der Waals surface area (Å²) in [6.07, 6.45) is -0.650. The Balaban J connectivity index is 1.51. The molecule has 3 aromatic rings. The lowest BCUT2D eigenvalue weighted by atomic mass is 10.0. The van der Waals surface area contributed by atoms with Crippen LogP contribution in [0.4, 0.5) is 4.39 Å². The van der Waals surface area contributed by atoms with E-state index in [2.05, 4.69) is 30.3 Å². The molecular formula is C24H25FO3S. The van der Waals surface area contributed by atoms with Crippen molar-refractivity contribution in [1.82, 2.24) is 0 Å². The van der Waals surface area contributed by atoms with Crippen LogP contribution in [-0.4, -0.2) is 25.6 Å². The van der Waals surface area contributed by atoms with E-state index in [4.69, 9.17) is 14.2 Å². The van der Waals surface area contributed by atoms with E-state index in [-0.39, 0.29) is 18.0 Å².